The molecule has 1 N–H and O–H groups in total. The summed E-state index contributed by atoms with van der Waals surface area (Å²) in [7, 11) is -2.24. The molecule has 1 heterocycles. The van der Waals surface area contributed by atoms with Gasteiger partial charge in [-0.1, -0.05) is 22.0 Å². The van der Waals surface area contributed by atoms with Gasteiger partial charge in [-0.05, 0) is 36.8 Å². The molecule has 0 aliphatic rings. The van der Waals surface area contributed by atoms with Crippen LogP contribution >= 0.6 is 15.9 Å². The lowest BCUT2D eigenvalue weighted by Gasteiger charge is -2.12. The Labute approximate surface area is 132 Å². The van der Waals surface area contributed by atoms with Gasteiger partial charge in [0, 0.05) is 10.7 Å². The van der Waals surface area contributed by atoms with E-state index in [9.17, 15) is 8.42 Å². The molecule has 0 saturated carbocycles. The standard InChI is InChI=1S/C14H15BrN2O3S/c1-10-7-13(20-2)14(8-12(10)15)21(18,19)17-9-11-5-3-4-6-16-11/h3-8,17H,9H2,1-2H3. The molecule has 2 aromatic rings. The summed E-state index contributed by atoms with van der Waals surface area (Å²) in [5.74, 6) is 0.309. The van der Waals surface area contributed by atoms with E-state index in [0.29, 0.717) is 15.9 Å². The van der Waals surface area contributed by atoms with Crippen molar-refractivity contribution in [3.63, 3.8) is 0 Å². The average molecular weight is 371 g/mol. The first-order valence-corrected chi connectivity index (χ1v) is 8.45. The summed E-state index contributed by atoms with van der Waals surface area (Å²) in [5, 5.41) is 0. The molecule has 0 fully saturated rings. The van der Waals surface area contributed by atoms with Gasteiger partial charge >= 0.3 is 0 Å². The zero-order valence-electron chi connectivity index (χ0n) is 11.6. The van der Waals surface area contributed by atoms with Crippen LogP contribution in [0.3, 0.4) is 0 Å². The second-order valence-corrected chi connectivity index (χ2v) is 6.99. The highest BCUT2D eigenvalue weighted by Gasteiger charge is 2.20. The largest absolute Gasteiger partial charge is 0.495 e. The van der Waals surface area contributed by atoms with Crippen molar-refractivity contribution in [2.24, 2.45) is 0 Å². The highest BCUT2D eigenvalue weighted by Crippen LogP contribution is 2.30. The van der Waals surface area contributed by atoms with Crippen LogP contribution in [0.1, 0.15) is 11.3 Å². The van der Waals surface area contributed by atoms with Gasteiger partial charge in [0.1, 0.15) is 10.6 Å². The molecule has 0 aliphatic heterocycles. The summed E-state index contributed by atoms with van der Waals surface area (Å²) in [6, 6.07) is 8.55. The number of benzene rings is 1. The smallest absolute Gasteiger partial charge is 0.244 e. The maximum Gasteiger partial charge on any atom is 0.244 e. The number of rotatable bonds is 5. The first kappa shape index (κ1) is 15.9. The van der Waals surface area contributed by atoms with E-state index in [1.54, 1.807) is 30.5 Å². The molecule has 0 atom stereocenters. The zero-order chi connectivity index (χ0) is 15.5. The molecule has 0 bridgehead atoms. The minimum absolute atomic E-state index is 0.0957. The molecule has 1 aromatic carbocycles. The second-order valence-electron chi connectivity index (χ2n) is 4.40. The fourth-order valence-corrected chi connectivity index (χ4v) is 3.42. The van der Waals surface area contributed by atoms with E-state index in [1.807, 2.05) is 6.92 Å². The van der Waals surface area contributed by atoms with Crippen molar-refractivity contribution in [2.75, 3.05) is 7.11 Å². The fourth-order valence-electron chi connectivity index (χ4n) is 1.76. The minimum Gasteiger partial charge on any atom is -0.495 e. The van der Waals surface area contributed by atoms with E-state index < -0.39 is 10.0 Å². The Kier molecular flexibility index (Phi) is 4.97. The average Bonchev–Trinajstić information content (AvgIpc) is 2.48. The van der Waals surface area contributed by atoms with Gasteiger partial charge in [0.15, 0.2) is 0 Å². The quantitative estimate of drug-likeness (QED) is 0.878. The fraction of sp³-hybridized carbons (Fsp3) is 0.214. The molecular formula is C14H15BrN2O3S. The van der Waals surface area contributed by atoms with Gasteiger partial charge in [0.05, 0.1) is 19.3 Å². The number of methoxy groups -OCH3 is 1. The van der Waals surface area contributed by atoms with E-state index in [1.165, 1.54) is 13.2 Å². The van der Waals surface area contributed by atoms with Crippen molar-refractivity contribution in [2.45, 2.75) is 18.4 Å². The molecule has 2 rings (SSSR count). The summed E-state index contributed by atoms with van der Waals surface area (Å²) in [5.41, 5.74) is 1.54. The molecule has 0 radical (unpaired) electrons. The lowest BCUT2D eigenvalue weighted by Crippen LogP contribution is -2.24. The number of halogens is 1. The third-order valence-corrected chi connectivity index (χ3v) is 5.18. The normalized spacial score (nSPS) is 11.4. The lowest BCUT2D eigenvalue weighted by atomic mass is 10.2. The molecule has 0 aliphatic carbocycles. The van der Waals surface area contributed by atoms with Crippen LogP contribution in [0.4, 0.5) is 0 Å². The van der Waals surface area contributed by atoms with Crippen LogP contribution in [0.2, 0.25) is 0 Å². The highest BCUT2D eigenvalue weighted by atomic mass is 79.9. The van der Waals surface area contributed by atoms with Gasteiger partial charge in [-0.25, -0.2) is 13.1 Å². The van der Waals surface area contributed by atoms with Crippen LogP contribution in [0.25, 0.3) is 0 Å². The van der Waals surface area contributed by atoms with E-state index in [-0.39, 0.29) is 11.4 Å². The second kappa shape index (κ2) is 6.55. The minimum atomic E-state index is -3.69. The van der Waals surface area contributed by atoms with Crippen LogP contribution in [-0.4, -0.2) is 20.5 Å². The molecule has 0 amide bonds. The van der Waals surface area contributed by atoms with Crippen molar-refractivity contribution in [1.29, 1.82) is 0 Å². The third kappa shape index (κ3) is 3.81. The topological polar surface area (TPSA) is 68.3 Å². The summed E-state index contributed by atoms with van der Waals surface area (Å²) in [4.78, 5) is 4.18. The number of aromatic nitrogens is 1. The number of ether oxygens (including phenoxy) is 1. The Bertz CT molecular complexity index is 733. The van der Waals surface area contributed by atoms with Crippen LogP contribution in [-0.2, 0) is 16.6 Å². The predicted molar refractivity (Wildman–Crippen MR) is 83.7 cm³/mol. The molecule has 0 saturated heterocycles. The molecular weight excluding hydrogens is 356 g/mol. The maximum atomic E-state index is 12.4. The van der Waals surface area contributed by atoms with Gasteiger partial charge in [-0.15, -0.1) is 0 Å². The molecule has 21 heavy (non-hydrogen) atoms. The van der Waals surface area contributed by atoms with Gasteiger partial charge < -0.3 is 4.74 Å². The molecule has 5 nitrogen and oxygen atoms in total. The first-order valence-electron chi connectivity index (χ1n) is 6.18. The zero-order valence-corrected chi connectivity index (χ0v) is 14.0. The Hall–Kier alpha value is -1.44. The summed E-state index contributed by atoms with van der Waals surface area (Å²) in [6.45, 7) is 1.99. The SMILES string of the molecule is COc1cc(C)c(Br)cc1S(=O)(=O)NCc1ccccn1. The Morgan fingerprint density at radius 1 is 1.33 bits per heavy atom. The molecule has 1 aromatic heterocycles. The maximum absolute atomic E-state index is 12.4. The van der Waals surface area contributed by atoms with E-state index in [4.69, 9.17) is 4.74 Å². The predicted octanol–water partition coefficient (Wildman–Crippen LogP) is 2.64. The number of aryl methyl sites for hydroxylation is 1. The van der Waals surface area contributed by atoms with Gasteiger partial charge in [0.2, 0.25) is 10.0 Å². The van der Waals surface area contributed by atoms with Crippen LogP contribution in [0, 0.1) is 6.92 Å². The Morgan fingerprint density at radius 2 is 2.10 bits per heavy atom. The van der Waals surface area contributed by atoms with Crippen molar-refractivity contribution >= 4 is 26.0 Å². The summed E-state index contributed by atoms with van der Waals surface area (Å²) in [6.07, 6.45) is 1.62. The van der Waals surface area contributed by atoms with E-state index in [0.717, 1.165) is 5.56 Å². The van der Waals surface area contributed by atoms with Crippen molar-refractivity contribution < 1.29 is 13.2 Å². The van der Waals surface area contributed by atoms with Crippen LogP contribution in [0.5, 0.6) is 5.75 Å². The first-order chi connectivity index (χ1) is 9.94. The van der Waals surface area contributed by atoms with E-state index >= 15 is 0 Å². The van der Waals surface area contributed by atoms with Gasteiger partial charge in [0.25, 0.3) is 0 Å². The Morgan fingerprint density at radius 3 is 2.71 bits per heavy atom. The van der Waals surface area contributed by atoms with Crippen LogP contribution in [0.15, 0.2) is 45.9 Å². The highest BCUT2D eigenvalue weighted by molar-refractivity contribution is 9.10. The molecule has 7 heteroatoms. The number of sulfonamides is 1. The third-order valence-electron chi connectivity index (χ3n) is 2.90. The Balaban J connectivity index is 2.29. The van der Waals surface area contributed by atoms with Crippen molar-refractivity contribution in [1.82, 2.24) is 9.71 Å². The molecule has 0 spiro atoms. The van der Waals surface area contributed by atoms with Crippen LogP contribution < -0.4 is 9.46 Å². The number of hydrogen-bond acceptors (Lipinski definition) is 4. The van der Waals surface area contributed by atoms with Gasteiger partial charge in [-0.2, -0.15) is 0 Å². The summed E-state index contributed by atoms with van der Waals surface area (Å²) >= 11 is 3.34. The number of nitrogens with one attached hydrogen (secondary N) is 1. The number of nitrogens with zero attached hydrogens (tertiary/aromatic N) is 1. The van der Waals surface area contributed by atoms with Gasteiger partial charge in [-0.3, -0.25) is 4.98 Å². The van der Waals surface area contributed by atoms with E-state index in [2.05, 4.69) is 25.6 Å². The van der Waals surface area contributed by atoms with Crippen molar-refractivity contribution in [3.05, 3.63) is 52.3 Å². The summed E-state index contributed by atoms with van der Waals surface area (Å²) < 4.78 is 33.2. The monoisotopic (exact) mass is 370 g/mol. The molecule has 0 unspecified atom stereocenters. The molecule has 112 valence electrons. The number of pyridine rings is 1. The lowest BCUT2D eigenvalue weighted by molar-refractivity contribution is 0.402. The number of hydrogen-bond donors (Lipinski definition) is 1. The van der Waals surface area contributed by atoms with Crippen molar-refractivity contribution in [3.8, 4) is 5.75 Å².